The van der Waals surface area contributed by atoms with Gasteiger partial charge in [0.15, 0.2) is 5.17 Å². The summed E-state index contributed by atoms with van der Waals surface area (Å²) >= 11 is 1.48. The van der Waals surface area contributed by atoms with E-state index in [1.54, 1.807) is 31.2 Å². The monoisotopic (exact) mass is 530 g/mol. The van der Waals surface area contributed by atoms with Gasteiger partial charge in [0.1, 0.15) is 11.6 Å². The number of nitrogens with zero attached hydrogens (tertiary/aromatic N) is 2. The summed E-state index contributed by atoms with van der Waals surface area (Å²) in [6.45, 7) is 4.88. The van der Waals surface area contributed by atoms with Gasteiger partial charge in [0.2, 0.25) is 0 Å². The first-order valence-electron chi connectivity index (χ1n) is 12.6. The maximum Gasteiger partial charge on any atom is 0.252 e. The number of halogens is 2. The largest absolute Gasteiger partial charge is 0.347 e. The third kappa shape index (κ3) is 5.16. The number of carbonyl (C=O) groups excluding carboxylic acids is 1. The second-order valence-corrected chi connectivity index (χ2v) is 11.3. The van der Waals surface area contributed by atoms with Crippen LogP contribution in [-0.2, 0) is 12.1 Å². The van der Waals surface area contributed by atoms with Crippen LogP contribution in [0, 0.1) is 41.2 Å². The van der Waals surface area contributed by atoms with Crippen LogP contribution in [0.15, 0.2) is 54.6 Å². The molecule has 0 spiro atoms. The number of aryl methyl sites for hydroxylation is 1. The predicted octanol–water partition coefficient (Wildman–Crippen LogP) is 6.35. The van der Waals surface area contributed by atoms with E-state index in [2.05, 4.69) is 11.4 Å². The Morgan fingerprint density at radius 2 is 1.97 bits per heavy atom. The van der Waals surface area contributed by atoms with Gasteiger partial charge in [0.25, 0.3) is 5.91 Å². The third-order valence-corrected chi connectivity index (χ3v) is 8.37. The van der Waals surface area contributed by atoms with E-state index in [1.165, 1.54) is 30.0 Å². The van der Waals surface area contributed by atoms with Gasteiger partial charge in [-0.2, -0.15) is 5.26 Å². The fourth-order valence-corrected chi connectivity index (χ4v) is 5.94. The molecule has 0 bridgehead atoms. The lowest BCUT2D eigenvalue weighted by Gasteiger charge is -2.32. The van der Waals surface area contributed by atoms with Gasteiger partial charge < -0.3 is 10.2 Å². The number of benzene rings is 3. The first-order valence-corrected chi connectivity index (χ1v) is 13.6. The summed E-state index contributed by atoms with van der Waals surface area (Å²) in [7, 11) is 0. The highest BCUT2D eigenvalue weighted by Gasteiger charge is 2.44. The van der Waals surface area contributed by atoms with Crippen molar-refractivity contribution in [1.82, 2.24) is 10.2 Å². The van der Waals surface area contributed by atoms with Crippen LogP contribution in [0.1, 0.15) is 52.4 Å². The van der Waals surface area contributed by atoms with E-state index < -0.39 is 11.4 Å². The molecule has 2 N–H and O–H groups in total. The van der Waals surface area contributed by atoms with E-state index in [0.717, 1.165) is 36.3 Å². The summed E-state index contributed by atoms with van der Waals surface area (Å²) in [6, 6.07) is 16.5. The molecule has 1 saturated heterocycles. The average Bonchev–Trinajstić information content (AvgIpc) is 3.69. The van der Waals surface area contributed by atoms with Crippen molar-refractivity contribution >= 4 is 22.8 Å². The minimum Gasteiger partial charge on any atom is -0.347 e. The van der Waals surface area contributed by atoms with Crippen LogP contribution < -0.4 is 5.32 Å². The molecular formula is C30H28F2N4OS. The van der Waals surface area contributed by atoms with Crippen LogP contribution in [0.25, 0.3) is 11.1 Å². The van der Waals surface area contributed by atoms with Crippen LogP contribution in [0.4, 0.5) is 8.78 Å². The average molecular weight is 531 g/mol. The first kappa shape index (κ1) is 25.9. The van der Waals surface area contributed by atoms with Gasteiger partial charge in [-0.3, -0.25) is 10.2 Å². The highest BCUT2D eigenvalue weighted by molar-refractivity contribution is 8.14. The predicted molar refractivity (Wildman–Crippen MR) is 146 cm³/mol. The highest BCUT2D eigenvalue weighted by atomic mass is 32.2. The zero-order valence-corrected chi connectivity index (χ0v) is 22.1. The molecule has 0 unspecified atom stereocenters. The topological polar surface area (TPSA) is 80.0 Å². The lowest BCUT2D eigenvalue weighted by Crippen LogP contribution is -2.45. The molecule has 1 amide bonds. The molecule has 2 fully saturated rings. The third-order valence-electron chi connectivity index (χ3n) is 7.45. The summed E-state index contributed by atoms with van der Waals surface area (Å²) in [5, 5.41) is 21.6. The number of thioether (sulfide) groups is 1. The lowest BCUT2D eigenvalue weighted by atomic mass is 9.85. The number of nitrogens with one attached hydrogen (secondary N) is 2. The summed E-state index contributed by atoms with van der Waals surface area (Å²) in [5.41, 5.74) is 3.29. The van der Waals surface area contributed by atoms with Gasteiger partial charge in [-0.1, -0.05) is 30.0 Å². The molecule has 1 aliphatic heterocycles. The fraction of sp³-hybridized carbons (Fsp3) is 0.300. The van der Waals surface area contributed by atoms with E-state index in [1.807, 2.05) is 24.0 Å². The molecule has 0 aromatic heterocycles. The molecule has 1 atom stereocenters. The molecule has 1 aliphatic carbocycles. The smallest absolute Gasteiger partial charge is 0.252 e. The van der Waals surface area contributed by atoms with Crippen molar-refractivity contribution in [1.29, 1.82) is 10.7 Å². The molecule has 2 aliphatic rings. The van der Waals surface area contributed by atoms with Crippen molar-refractivity contribution in [3.63, 3.8) is 0 Å². The summed E-state index contributed by atoms with van der Waals surface area (Å²) in [5.74, 6) is 0.00376. The molecule has 1 saturated carbocycles. The van der Waals surface area contributed by atoms with Gasteiger partial charge in [-0.15, -0.1) is 0 Å². The van der Waals surface area contributed by atoms with Crippen LogP contribution in [0.5, 0.6) is 0 Å². The van der Waals surface area contributed by atoms with Crippen LogP contribution >= 0.6 is 11.8 Å². The zero-order valence-electron chi connectivity index (χ0n) is 21.3. The van der Waals surface area contributed by atoms with E-state index in [4.69, 9.17) is 5.41 Å². The fourth-order valence-electron chi connectivity index (χ4n) is 5.09. The molecule has 1 heterocycles. The summed E-state index contributed by atoms with van der Waals surface area (Å²) in [6.07, 6.45) is 1.93. The van der Waals surface area contributed by atoms with Gasteiger partial charge in [-0.25, -0.2) is 8.78 Å². The Balaban J connectivity index is 1.54. The van der Waals surface area contributed by atoms with E-state index in [0.29, 0.717) is 34.0 Å². The number of nitriles is 1. The second kappa shape index (κ2) is 10.2. The van der Waals surface area contributed by atoms with Crippen LogP contribution in [0.2, 0.25) is 0 Å². The van der Waals surface area contributed by atoms with Crippen molar-refractivity contribution in [2.75, 3.05) is 12.3 Å². The molecule has 8 heteroatoms. The summed E-state index contributed by atoms with van der Waals surface area (Å²) < 4.78 is 27.9. The van der Waals surface area contributed by atoms with Gasteiger partial charge in [0.05, 0.1) is 17.2 Å². The lowest BCUT2D eigenvalue weighted by molar-refractivity contribution is 0.0892. The van der Waals surface area contributed by atoms with Crippen molar-refractivity contribution in [2.45, 2.75) is 38.8 Å². The molecule has 5 nitrogen and oxygen atoms in total. The highest BCUT2D eigenvalue weighted by Crippen LogP contribution is 2.46. The Kier molecular flexibility index (Phi) is 6.97. The van der Waals surface area contributed by atoms with Gasteiger partial charge in [0, 0.05) is 24.4 Å². The normalized spacial score (nSPS) is 16.7. The Bertz CT molecular complexity index is 1480. The van der Waals surface area contributed by atoms with Gasteiger partial charge in [-0.05, 0) is 96.8 Å². The van der Waals surface area contributed by atoms with Crippen molar-refractivity contribution in [2.24, 2.45) is 5.92 Å². The Morgan fingerprint density at radius 3 is 2.63 bits per heavy atom. The molecule has 0 radical (unpaired) electrons. The Morgan fingerprint density at radius 1 is 1.18 bits per heavy atom. The number of carbonyl (C=O) groups is 1. The van der Waals surface area contributed by atoms with Crippen molar-refractivity contribution in [3.05, 3.63) is 94.0 Å². The summed E-state index contributed by atoms with van der Waals surface area (Å²) in [4.78, 5) is 15.7. The van der Waals surface area contributed by atoms with Crippen molar-refractivity contribution < 1.29 is 13.6 Å². The first-order chi connectivity index (χ1) is 18.2. The maximum absolute atomic E-state index is 14.0. The second-order valence-electron chi connectivity index (χ2n) is 10.2. The number of amidine groups is 1. The quantitative estimate of drug-likeness (QED) is 0.373. The minimum absolute atomic E-state index is 0.183. The molecule has 194 valence electrons. The van der Waals surface area contributed by atoms with Crippen molar-refractivity contribution in [3.8, 4) is 17.2 Å². The number of rotatable bonds is 7. The number of amides is 1. The molecule has 3 aromatic rings. The minimum atomic E-state index is -0.673. The zero-order chi connectivity index (χ0) is 27.0. The van der Waals surface area contributed by atoms with E-state index >= 15 is 0 Å². The molecule has 38 heavy (non-hydrogen) atoms. The van der Waals surface area contributed by atoms with E-state index in [9.17, 15) is 18.8 Å². The SMILES string of the molecule is Cc1cc([C@@](C)(NC(=O)c2cc(CN3CCSC3=N)cc(-c3ccc(F)cc3C#N)c2)C2CC2)ccc1F. The molecular weight excluding hydrogens is 502 g/mol. The standard InChI is InChI=1S/C30H28F2N4OS/c1-18-11-24(5-8-27(18)32)30(2,23-3-4-23)35-28(37)21-13-19(17-36-9-10-38-29(36)34)12-20(14-21)26-7-6-25(31)15-22(26)16-33/h5-8,11-15,23,34H,3-4,9-10,17H2,1-2H3,(H,35,37)/t30-/m0/s1. The number of hydrogen-bond acceptors (Lipinski definition) is 4. The molecule has 5 rings (SSSR count). The van der Waals surface area contributed by atoms with E-state index in [-0.39, 0.29) is 23.2 Å². The van der Waals surface area contributed by atoms with Crippen LogP contribution in [-0.4, -0.2) is 28.3 Å². The van der Waals surface area contributed by atoms with Crippen LogP contribution in [0.3, 0.4) is 0 Å². The Labute approximate surface area is 225 Å². The maximum atomic E-state index is 14.0. The molecule has 3 aromatic carbocycles. The Hall–Kier alpha value is -3.70. The van der Waals surface area contributed by atoms with Gasteiger partial charge >= 0.3 is 0 Å². The number of hydrogen-bond donors (Lipinski definition) is 2.